The van der Waals surface area contributed by atoms with Gasteiger partial charge in [0.05, 0.1) is 7.11 Å². The van der Waals surface area contributed by atoms with E-state index in [0.29, 0.717) is 24.3 Å². The molecule has 1 amide bonds. The highest BCUT2D eigenvalue weighted by Crippen LogP contribution is 2.27. The maximum Gasteiger partial charge on any atom is 0.272 e. The summed E-state index contributed by atoms with van der Waals surface area (Å²) in [5.74, 6) is 0.586. The SMILES string of the molecule is COc1ccccc1CNC(=O)c1cc([C@@H]2CCN(Cc3ccccc3F)C2)[nH]n1. The van der Waals surface area contributed by atoms with Crippen molar-refractivity contribution in [2.45, 2.75) is 25.4 Å². The highest BCUT2D eigenvalue weighted by atomic mass is 19.1. The van der Waals surface area contributed by atoms with Gasteiger partial charge < -0.3 is 10.1 Å². The molecule has 3 aromatic rings. The molecule has 0 aliphatic carbocycles. The highest BCUT2D eigenvalue weighted by molar-refractivity contribution is 5.92. The van der Waals surface area contributed by atoms with Crippen LogP contribution in [0.2, 0.25) is 0 Å². The van der Waals surface area contributed by atoms with Gasteiger partial charge in [-0.1, -0.05) is 36.4 Å². The first-order valence-corrected chi connectivity index (χ1v) is 10.0. The van der Waals surface area contributed by atoms with Gasteiger partial charge in [-0.2, -0.15) is 5.10 Å². The van der Waals surface area contributed by atoms with Crippen LogP contribution in [0.3, 0.4) is 0 Å². The Bertz CT molecular complexity index is 1020. The normalized spacial score (nSPS) is 16.5. The predicted octanol–water partition coefficient (Wildman–Crippen LogP) is 3.48. The van der Waals surface area contributed by atoms with Crippen LogP contribution in [0.1, 0.15) is 39.6 Å². The predicted molar refractivity (Wildman–Crippen MR) is 112 cm³/mol. The largest absolute Gasteiger partial charge is 0.496 e. The number of benzene rings is 2. The van der Waals surface area contributed by atoms with Crippen LogP contribution in [0.25, 0.3) is 0 Å². The number of hydrogen-bond donors (Lipinski definition) is 2. The molecule has 2 heterocycles. The second kappa shape index (κ2) is 9.09. The molecule has 1 fully saturated rings. The second-order valence-electron chi connectivity index (χ2n) is 7.52. The first-order chi connectivity index (χ1) is 14.6. The van der Waals surface area contributed by atoms with E-state index in [1.54, 1.807) is 13.2 Å². The third kappa shape index (κ3) is 4.52. The van der Waals surface area contributed by atoms with Gasteiger partial charge in [-0.15, -0.1) is 0 Å². The fourth-order valence-electron chi connectivity index (χ4n) is 3.87. The zero-order chi connectivity index (χ0) is 20.9. The summed E-state index contributed by atoms with van der Waals surface area (Å²) >= 11 is 0. The van der Waals surface area contributed by atoms with E-state index in [4.69, 9.17) is 4.74 Å². The highest BCUT2D eigenvalue weighted by Gasteiger charge is 2.26. The number of carbonyl (C=O) groups excluding carboxylic acids is 1. The van der Waals surface area contributed by atoms with E-state index in [9.17, 15) is 9.18 Å². The summed E-state index contributed by atoms with van der Waals surface area (Å²) in [5.41, 5.74) is 2.92. The summed E-state index contributed by atoms with van der Waals surface area (Å²) < 4.78 is 19.2. The summed E-state index contributed by atoms with van der Waals surface area (Å²) in [6, 6.07) is 16.3. The molecule has 1 atom stereocenters. The van der Waals surface area contributed by atoms with Gasteiger partial charge in [0, 0.05) is 42.4 Å². The van der Waals surface area contributed by atoms with Crippen molar-refractivity contribution in [3.05, 3.63) is 82.9 Å². The van der Waals surface area contributed by atoms with Gasteiger partial charge >= 0.3 is 0 Å². The lowest BCUT2D eigenvalue weighted by molar-refractivity contribution is 0.0945. The summed E-state index contributed by atoms with van der Waals surface area (Å²) in [4.78, 5) is 14.7. The number of aromatic amines is 1. The van der Waals surface area contributed by atoms with E-state index < -0.39 is 0 Å². The maximum atomic E-state index is 13.9. The molecular weight excluding hydrogens is 383 g/mol. The van der Waals surface area contributed by atoms with Crippen LogP contribution in [0, 0.1) is 5.82 Å². The molecule has 1 aliphatic heterocycles. The molecule has 0 spiro atoms. The van der Waals surface area contributed by atoms with Crippen LogP contribution in [-0.4, -0.2) is 41.2 Å². The molecule has 0 saturated carbocycles. The van der Waals surface area contributed by atoms with Gasteiger partial charge in [0.25, 0.3) is 5.91 Å². The Hall–Kier alpha value is -3.19. The number of nitrogens with zero attached hydrogens (tertiary/aromatic N) is 2. The van der Waals surface area contributed by atoms with E-state index in [1.807, 2.05) is 42.5 Å². The number of nitrogens with one attached hydrogen (secondary N) is 2. The van der Waals surface area contributed by atoms with Gasteiger partial charge in [0.15, 0.2) is 0 Å². The zero-order valence-electron chi connectivity index (χ0n) is 16.9. The minimum absolute atomic E-state index is 0.170. The molecule has 7 heteroatoms. The van der Waals surface area contributed by atoms with Crippen molar-refractivity contribution in [3.63, 3.8) is 0 Å². The average molecular weight is 408 g/mol. The number of H-pyrrole nitrogens is 1. The minimum atomic E-state index is -0.232. The molecule has 2 N–H and O–H groups in total. The molecular formula is C23H25FN4O2. The van der Waals surface area contributed by atoms with Crippen LogP contribution in [0.5, 0.6) is 5.75 Å². The molecule has 0 radical (unpaired) electrons. The van der Waals surface area contributed by atoms with Crippen molar-refractivity contribution < 1.29 is 13.9 Å². The van der Waals surface area contributed by atoms with E-state index >= 15 is 0 Å². The molecule has 1 saturated heterocycles. The molecule has 0 unspecified atom stereocenters. The Morgan fingerprint density at radius 1 is 1.23 bits per heavy atom. The fourth-order valence-corrected chi connectivity index (χ4v) is 3.87. The molecule has 4 rings (SSSR count). The second-order valence-corrected chi connectivity index (χ2v) is 7.52. The van der Waals surface area contributed by atoms with Crippen LogP contribution < -0.4 is 10.1 Å². The van der Waals surface area contributed by atoms with E-state index in [-0.39, 0.29) is 17.6 Å². The smallest absolute Gasteiger partial charge is 0.272 e. The van der Waals surface area contributed by atoms with Gasteiger partial charge in [-0.3, -0.25) is 14.8 Å². The van der Waals surface area contributed by atoms with Gasteiger partial charge in [0.2, 0.25) is 0 Å². The number of aromatic nitrogens is 2. The van der Waals surface area contributed by atoms with Crippen molar-refractivity contribution in [2.24, 2.45) is 0 Å². The molecule has 6 nitrogen and oxygen atoms in total. The van der Waals surface area contributed by atoms with Gasteiger partial charge in [-0.05, 0) is 31.2 Å². The molecule has 156 valence electrons. The Morgan fingerprint density at radius 2 is 2.00 bits per heavy atom. The Kier molecular flexibility index (Phi) is 6.09. The maximum absolute atomic E-state index is 13.9. The third-order valence-electron chi connectivity index (χ3n) is 5.53. The number of likely N-dealkylation sites (tertiary alicyclic amines) is 1. The molecule has 30 heavy (non-hydrogen) atoms. The lowest BCUT2D eigenvalue weighted by atomic mass is 10.0. The number of methoxy groups -OCH3 is 1. The first-order valence-electron chi connectivity index (χ1n) is 10.0. The Morgan fingerprint density at radius 3 is 2.80 bits per heavy atom. The number of halogens is 1. The molecule has 0 bridgehead atoms. The summed E-state index contributed by atoms with van der Waals surface area (Å²) in [5, 5.41) is 10.1. The molecule has 1 aromatic heterocycles. The summed E-state index contributed by atoms with van der Waals surface area (Å²) in [7, 11) is 1.61. The number of amides is 1. The topological polar surface area (TPSA) is 70.2 Å². The lowest BCUT2D eigenvalue weighted by Crippen LogP contribution is -2.23. The molecule has 1 aliphatic rings. The van der Waals surface area contributed by atoms with Crippen molar-refractivity contribution in [1.29, 1.82) is 0 Å². The van der Waals surface area contributed by atoms with Crippen LogP contribution in [0.4, 0.5) is 4.39 Å². The van der Waals surface area contributed by atoms with Crippen molar-refractivity contribution in [3.8, 4) is 5.75 Å². The Labute approximate surface area is 175 Å². The lowest BCUT2D eigenvalue weighted by Gasteiger charge is -2.16. The van der Waals surface area contributed by atoms with Crippen LogP contribution >= 0.6 is 0 Å². The molecule has 2 aromatic carbocycles. The van der Waals surface area contributed by atoms with E-state index in [1.165, 1.54) is 6.07 Å². The minimum Gasteiger partial charge on any atom is -0.496 e. The summed E-state index contributed by atoms with van der Waals surface area (Å²) in [6.07, 6.45) is 0.943. The number of rotatable bonds is 7. The number of hydrogen-bond acceptors (Lipinski definition) is 4. The monoisotopic (exact) mass is 408 g/mol. The number of carbonyl (C=O) groups is 1. The standard InChI is InChI=1S/C23H25FN4O2/c1-30-22-9-5-3-6-16(22)13-25-23(29)21-12-20(26-27-21)18-10-11-28(15-18)14-17-7-2-4-8-19(17)24/h2-9,12,18H,10-11,13-15H2,1H3,(H,25,29)(H,26,27)/t18-/m1/s1. The number of para-hydroxylation sites is 1. The quantitative estimate of drug-likeness (QED) is 0.628. The fraction of sp³-hybridized carbons (Fsp3) is 0.304. The summed E-state index contributed by atoms with van der Waals surface area (Å²) in [6.45, 7) is 2.64. The Balaban J connectivity index is 1.34. The number of ether oxygens (including phenoxy) is 1. The van der Waals surface area contributed by atoms with Gasteiger partial charge in [-0.25, -0.2) is 4.39 Å². The van der Waals surface area contributed by atoms with Crippen LogP contribution in [-0.2, 0) is 13.1 Å². The van der Waals surface area contributed by atoms with Crippen LogP contribution in [0.15, 0.2) is 54.6 Å². The van der Waals surface area contributed by atoms with Gasteiger partial charge in [0.1, 0.15) is 17.3 Å². The van der Waals surface area contributed by atoms with E-state index in [0.717, 1.165) is 36.5 Å². The zero-order valence-corrected chi connectivity index (χ0v) is 16.9. The van der Waals surface area contributed by atoms with Crippen molar-refractivity contribution in [2.75, 3.05) is 20.2 Å². The third-order valence-corrected chi connectivity index (χ3v) is 5.53. The van der Waals surface area contributed by atoms with Crippen molar-refractivity contribution >= 4 is 5.91 Å². The average Bonchev–Trinajstić information content (AvgIpc) is 3.43. The first kappa shape index (κ1) is 20.1. The van der Waals surface area contributed by atoms with E-state index in [2.05, 4.69) is 20.4 Å². The van der Waals surface area contributed by atoms with Crippen molar-refractivity contribution in [1.82, 2.24) is 20.4 Å².